The van der Waals surface area contributed by atoms with Gasteiger partial charge in [0.05, 0.1) is 4.83 Å². The Balaban J connectivity index is 1.93. The Kier molecular flexibility index (Phi) is 3.68. The van der Waals surface area contributed by atoms with E-state index in [-0.39, 0.29) is 4.83 Å². The molecular formula is C16H14Br2O. The molecule has 0 radical (unpaired) electrons. The van der Waals surface area contributed by atoms with Gasteiger partial charge >= 0.3 is 0 Å². The van der Waals surface area contributed by atoms with Gasteiger partial charge in [0.15, 0.2) is 0 Å². The predicted molar refractivity (Wildman–Crippen MR) is 85.1 cm³/mol. The fraction of sp³-hybridized carbons (Fsp3) is 0.250. The van der Waals surface area contributed by atoms with Gasteiger partial charge in [0.25, 0.3) is 0 Å². The van der Waals surface area contributed by atoms with Crippen LogP contribution in [0.2, 0.25) is 0 Å². The van der Waals surface area contributed by atoms with E-state index in [1.807, 2.05) is 6.07 Å². The average Bonchev–Trinajstić information content (AvgIpc) is 2.76. The zero-order chi connectivity index (χ0) is 13.4. The molecular weight excluding hydrogens is 368 g/mol. The van der Waals surface area contributed by atoms with Gasteiger partial charge in [-0.3, -0.25) is 0 Å². The first-order chi connectivity index (χ1) is 9.13. The summed E-state index contributed by atoms with van der Waals surface area (Å²) in [6.07, 6.45) is 1.30. The molecule has 0 aliphatic carbocycles. The number of hydrogen-bond acceptors (Lipinski definition) is 1. The summed E-state index contributed by atoms with van der Waals surface area (Å²) in [5.74, 6) is 1.03. The second-order valence-corrected chi connectivity index (χ2v) is 6.75. The maximum absolute atomic E-state index is 5.74. The van der Waals surface area contributed by atoms with Crippen LogP contribution in [0, 0.1) is 0 Å². The van der Waals surface area contributed by atoms with E-state index >= 15 is 0 Å². The third kappa shape index (κ3) is 2.72. The number of ether oxygens (including phenoxy) is 1. The maximum atomic E-state index is 5.74. The minimum Gasteiger partial charge on any atom is -0.490 e. The van der Waals surface area contributed by atoms with Crippen LogP contribution in [-0.4, -0.2) is 6.10 Å². The summed E-state index contributed by atoms with van der Waals surface area (Å²) in [5, 5.41) is 0. The molecule has 1 nitrogen and oxygen atoms in total. The SMILES string of the molecule is CC1Cc2cc(C(Br)c3cccc(Br)c3)ccc2O1. The third-order valence-electron chi connectivity index (χ3n) is 3.35. The van der Waals surface area contributed by atoms with Gasteiger partial charge in [-0.05, 0) is 41.8 Å². The van der Waals surface area contributed by atoms with Crippen LogP contribution < -0.4 is 4.74 Å². The summed E-state index contributed by atoms with van der Waals surface area (Å²) in [6, 6.07) is 14.9. The lowest BCUT2D eigenvalue weighted by Crippen LogP contribution is -2.05. The molecule has 0 aromatic heterocycles. The van der Waals surface area contributed by atoms with E-state index in [2.05, 4.69) is 75.2 Å². The molecule has 0 saturated heterocycles. The van der Waals surface area contributed by atoms with Crippen LogP contribution in [-0.2, 0) is 6.42 Å². The third-order valence-corrected chi connectivity index (χ3v) is 4.90. The van der Waals surface area contributed by atoms with Gasteiger partial charge in [-0.25, -0.2) is 0 Å². The molecule has 98 valence electrons. The first kappa shape index (κ1) is 13.2. The number of rotatable bonds is 2. The summed E-state index contributed by atoms with van der Waals surface area (Å²) in [5.41, 5.74) is 3.83. The largest absolute Gasteiger partial charge is 0.490 e. The van der Waals surface area contributed by atoms with E-state index < -0.39 is 0 Å². The molecule has 0 fully saturated rings. The number of halogens is 2. The highest BCUT2D eigenvalue weighted by Gasteiger charge is 2.20. The van der Waals surface area contributed by atoms with Crippen LogP contribution >= 0.6 is 31.9 Å². The minimum absolute atomic E-state index is 0.214. The summed E-state index contributed by atoms with van der Waals surface area (Å²) < 4.78 is 6.85. The summed E-state index contributed by atoms with van der Waals surface area (Å²) >= 11 is 7.31. The molecule has 1 aliphatic heterocycles. The molecule has 0 amide bonds. The Morgan fingerprint density at radius 3 is 2.74 bits per heavy atom. The van der Waals surface area contributed by atoms with Crippen LogP contribution in [0.5, 0.6) is 5.75 Å². The lowest BCUT2D eigenvalue weighted by atomic mass is 10.0. The normalized spacial score (nSPS) is 18.8. The Labute approximate surface area is 130 Å². The van der Waals surface area contributed by atoms with E-state index in [0.717, 1.165) is 16.6 Å². The van der Waals surface area contributed by atoms with E-state index in [9.17, 15) is 0 Å². The van der Waals surface area contributed by atoms with Crippen LogP contribution in [0.1, 0.15) is 28.4 Å². The molecule has 0 spiro atoms. The standard InChI is InChI=1S/C16H14Br2O/c1-10-7-13-8-12(5-6-15(13)19-10)16(18)11-3-2-4-14(17)9-11/h2-6,8-10,16H,7H2,1H3. The summed E-state index contributed by atoms with van der Waals surface area (Å²) in [4.78, 5) is 0.214. The monoisotopic (exact) mass is 380 g/mol. The van der Waals surface area contributed by atoms with Crippen molar-refractivity contribution in [2.75, 3.05) is 0 Å². The number of benzene rings is 2. The summed E-state index contributed by atoms with van der Waals surface area (Å²) in [7, 11) is 0. The summed E-state index contributed by atoms with van der Waals surface area (Å²) in [6.45, 7) is 2.11. The Morgan fingerprint density at radius 2 is 1.95 bits per heavy atom. The molecule has 1 aliphatic rings. The van der Waals surface area contributed by atoms with Crippen molar-refractivity contribution in [1.82, 2.24) is 0 Å². The van der Waals surface area contributed by atoms with Gasteiger partial charge in [0, 0.05) is 10.9 Å². The van der Waals surface area contributed by atoms with Crippen LogP contribution in [0.25, 0.3) is 0 Å². The molecule has 0 bridgehead atoms. The fourth-order valence-electron chi connectivity index (χ4n) is 2.46. The van der Waals surface area contributed by atoms with Gasteiger partial charge in [-0.1, -0.05) is 56.1 Å². The Hall–Kier alpha value is -0.800. The van der Waals surface area contributed by atoms with E-state index in [1.54, 1.807) is 0 Å². The van der Waals surface area contributed by atoms with Crippen LogP contribution in [0.4, 0.5) is 0 Å². The molecule has 2 atom stereocenters. The zero-order valence-corrected chi connectivity index (χ0v) is 13.7. The van der Waals surface area contributed by atoms with Gasteiger partial charge in [0.2, 0.25) is 0 Å². The topological polar surface area (TPSA) is 9.23 Å². The van der Waals surface area contributed by atoms with Crippen molar-refractivity contribution in [3.63, 3.8) is 0 Å². The molecule has 2 aromatic carbocycles. The maximum Gasteiger partial charge on any atom is 0.123 e. The second kappa shape index (κ2) is 5.29. The number of alkyl halides is 1. The van der Waals surface area contributed by atoms with Crippen LogP contribution in [0.3, 0.4) is 0 Å². The molecule has 3 heteroatoms. The first-order valence-electron chi connectivity index (χ1n) is 6.32. The zero-order valence-electron chi connectivity index (χ0n) is 10.6. The average molecular weight is 382 g/mol. The quantitative estimate of drug-likeness (QED) is 0.645. The number of fused-ring (bicyclic) bond motifs is 1. The molecule has 1 heterocycles. The highest BCUT2D eigenvalue weighted by molar-refractivity contribution is 9.10. The van der Waals surface area contributed by atoms with Crippen molar-refractivity contribution in [1.29, 1.82) is 0 Å². The predicted octanol–water partition coefficient (Wildman–Crippen LogP) is 5.26. The van der Waals surface area contributed by atoms with Crippen molar-refractivity contribution >= 4 is 31.9 Å². The van der Waals surface area contributed by atoms with Gasteiger partial charge in [0.1, 0.15) is 11.9 Å². The Bertz CT molecular complexity index is 609. The molecule has 0 N–H and O–H groups in total. The van der Waals surface area contributed by atoms with Gasteiger partial charge < -0.3 is 4.74 Å². The van der Waals surface area contributed by atoms with Crippen molar-refractivity contribution in [2.45, 2.75) is 24.3 Å². The van der Waals surface area contributed by atoms with Crippen LogP contribution in [0.15, 0.2) is 46.9 Å². The van der Waals surface area contributed by atoms with Gasteiger partial charge in [-0.2, -0.15) is 0 Å². The number of hydrogen-bond donors (Lipinski definition) is 0. The molecule has 19 heavy (non-hydrogen) atoms. The highest BCUT2D eigenvalue weighted by Crippen LogP contribution is 2.36. The minimum atomic E-state index is 0.214. The van der Waals surface area contributed by atoms with E-state index in [4.69, 9.17) is 4.74 Å². The fourth-order valence-corrected chi connectivity index (χ4v) is 3.44. The van der Waals surface area contributed by atoms with Crippen molar-refractivity contribution in [2.24, 2.45) is 0 Å². The first-order valence-corrected chi connectivity index (χ1v) is 8.03. The highest BCUT2D eigenvalue weighted by atomic mass is 79.9. The van der Waals surface area contributed by atoms with E-state index in [0.29, 0.717) is 6.10 Å². The smallest absolute Gasteiger partial charge is 0.123 e. The second-order valence-electron chi connectivity index (χ2n) is 4.92. The Morgan fingerprint density at radius 1 is 1.16 bits per heavy atom. The van der Waals surface area contributed by atoms with E-state index in [1.165, 1.54) is 16.7 Å². The molecule has 0 saturated carbocycles. The van der Waals surface area contributed by atoms with Gasteiger partial charge in [-0.15, -0.1) is 0 Å². The van der Waals surface area contributed by atoms with Crippen molar-refractivity contribution in [3.8, 4) is 5.75 Å². The molecule has 3 rings (SSSR count). The van der Waals surface area contributed by atoms with Crippen molar-refractivity contribution in [3.05, 3.63) is 63.6 Å². The lowest BCUT2D eigenvalue weighted by molar-refractivity contribution is 0.254. The van der Waals surface area contributed by atoms with Crippen molar-refractivity contribution < 1.29 is 4.74 Å². The molecule has 2 unspecified atom stereocenters. The lowest BCUT2D eigenvalue weighted by Gasteiger charge is -2.12. The molecule has 2 aromatic rings.